The molecule has 0 amide bonds. The van der Waals surface area contributed by atoms with Crippen LogP contribution in [0, 0.1) is 0 Å². The quantitative estimate of drug-likeness (QED) is 0.852. The van der Waals surface area contributed by atoms with Crippen molar-refractivity contribution in [3.05, 3.63) is 24.3 Å². The van der Waals surface area contributed by atoms with E-state index in [1.54, 1.807) is 0 Å². The van der Waals surface area contributed by atoms with E-state index in [2.05, 4.69) is 5.32 Å². The minimum Gasteiger partial charge on any atom is -0.384 e. The molecule has 1 rings (SSSR count). The van der Waals surface area contributed by atoms with E-state index in [0.29, 0.717) is 5.69 Å². The lowest BCUT2D eigenvalue weighted by atomic mass is 10.3. The lowest BCUT2D eigenvalue weighted by Gasteiger charge is -2.07. The minimum atomic E-state index is -4.59. The highest BCUT2D eigenvalue weighted by molar-refractivity contribution is 7.91. The van der Waals surface area contributed by atoms with Crippen LogP contribution in [0.4, 0.5) is 14.5 Å². The molecule has 1 aromatic carbocycles. The first-order valence-corrected chi connectivity index (χ1v) is 8.77. The average molecular weight is 313 g/mol. The van der Waals surface area contributed by atoms with Gasteiger partial charge in [-0.25, -0.2) is 16.8 Å². The Labute approximate surface area is 110 Å². The molecule has 0 aliphatic heterocycles. The molecule has 0 spiro atoms. The van der Waals surface area contributed by atoms with Gasteiger partial charge in [0.1, 0.15) is 9.84 Å². The van der Waals surface area contributed by atoms with Crippen LogP contribution in [-0.2, 0) is 19.7 Å². The smallest absolute Gasteiger partial charge is 0.341 e. The fraction of sp³-hybridized carbons (Fsp3) is 0.400. The molecule has 0 fully saturated rings. The summed E-state index contributed by atoms with van der Waals surface area (Å²) in [7, 11) is -7.69. The molecule has 0 aromatic heterocycles. The van der Waals surface area contributed by atoms with E-state index in [1.807, 2.05) is 0 Å². The zero-order chi connectivity index (χ0) is 14.7. The molecule has 1 aromatic rings. The highest BCUT2D eigenvalue weighted by atomic mass is 32.2. The van der Waals surface area contributed by atoms with Crippen molar-refractivity contribution in [1.82, 2.24) is 0 Å². The first-order valence-electron chi connectivity index (χ1n) is 5.16. The molecule has 0 saturated carbocycles. The summed E-state index contributed by atoms with van der Waals surface area (Å²) in [5.41, 5.74) is 0.455. The third-order valence-electron chi connectivity index (χ3n) is 2.22. The SMILES string of the molecule is CS(=O)(=O)CCNc1ccc(S(=O)(=O)C(F)F)cc1. The molecule has 0 bridgehead atoms. The van der Waals surface area contributed by atoms with Gasteiger partial charge in [0, 0.05) is 18.5 Å². The third kappa shape index (κ3) is 4.75. The molecule has 9 heteroatoms. The first-order chi connectivity index (χ1) is 8.63. The molecule has 5 nitrogen and oxygen atoms in total. The van der Waals surface area contributed by atoms with Crippen LogP contribution in [0.1, 0.15) is 0 Å². The van der Waals surface area contributed by atoms with Crippen molar-refractivity contribution in [3.8, 4) is 0 Å². The Bertz CT molecular complexity index is 624. The van der Waals surface area contributed by atoms with Crippen LogP contribution in [0.25, 0.3) is 0 Å². The summed E-state index contributed by atoms with van der Waals surface area (Å²) in [6, 6.07) is 4.70. The molecular formula is C10H13F2NO4S2. The third-order valence-corrected chi connectivity index (χ3v) is 4.56. The van der Waals surface area contributed by atoms with Crippen LogP contribution in [0.3, 0.4) is 0 Å². The van der Waals surface area contributed by atoms with E-state index < -0.39 is 30.3 Å². The van der Waals surface area contributed by atoms with E-state index in [1.165, 1.54) is 12.1 Å². The zero-order valence-electron chi connectivity index (χ0n) is 10.0. The summed E-state index contributed by atoms with van der Waals surface area (Å²) in [6.45, 7) is 0.153. The second-order valence-electron chi connectivity index (χ2n) is 3.89. The molecule has 0 radical (unpaired) electrons. The molecule has 1 N–H and O–H groups in total. The van der Waals surface area contributed by atoms with Gasteiger partial charge in [0.2, 0.25) is 9.84 Å². The Morgan fingerprint density at radius 2 is 1.63 bits per heavy atom. The minimum absolute atomic E-state index is 0.0793. The van der Waals surface area contributed by atoms with E-state index in [4.69, 9.17) is 0 Å². The van der Waals surface area contributed by atoms with Gasteiger partial charge in [0.05, 0.1) is 10.6 Å². The van der Waals surface area contributed by atoms with Crippen molar-refractivity contribution in [3.63, 3.8) is 0 Å². The number of hydrogen-bond acceptors (Lipinski definition) is 5. The zero-order valence-corrected chi connectivity index (χ0v) is 11.6. The Kier molecular flexibility index (Phi) is 4.86. The molecule has 0 atom stereocenters. The van der Waals surface area contributed by atoms with Crippen LogP contribution in [-0.4, -0.2) is 41.1 Å². The second kappa shape index (κ2) is 5.83. The highest BCUT2D eigenvalue weighted by Crippen LogP contribution is 2.20. The van der Waals surface area contributed by atoms with Crippen LogP contribution in [0.5, 0.6) is 0 Å². The predicted octanol–water partition coefficient (Wildman–Crippen LogP) is 1.14. The van der Waals surface area contributed by atoms with Crippen molar-refractivity contribution in [2.24, 2.45) is 0 Å². The van der Waals surface area contributed by atoms with E-state index in [-0.39, 0.29) is 12.3 Å². The number of halogens is 2. The van der Waals surface area contributed by atoms with Crippen molar-refractivity contribution in [2.45, 2.75) is 10.7 Å². The molecule has 0 aliphatic carbocycles. The van der Waals surface area contributed by atoms with Gasteiger partial charge in [-0.3, -0.25) is 0 Å². The maximum absolute atomic E-state index is 12.3. The summed E-state index contributed by atoms with van der Waals surface area (Å²) >= 11 is 0. The molecule has 108 valence electrons. The fourth-order valence-corrected chi connectivity index (χ4v) is 2.44. The summed E-state index contributed by atoms with van der Waals surface area (Å²) < 4.78 is 68.6. The lowest BCUT2D eigenvalue weighted by Crippen LogP contribution is -2.14. The molecule has 0 saturated heterocycles. The van der Waals surface area contributed by atoms with Crippen molar-refractivity contribution >= 4 is 25.4 Å². The predicted molar refractivity (Wildman–Crippen MR) is 67.8 cm³/mol. The fourth-order valence-electron chi connectivity index (χ4n) is 1.25. The Hall–Kier alpha value is -1.22. The first kappa shape index (κ1) is 15.8. The summed E-state index contributed by atoms with van der Waals surface area (Å²) in [5, 5.41) is 2.75. The van der Waals surface area contributed by atoms with E-state index in [0.717, 1.165) is 18.4 Å². The maximum Gasteiger partial charge on any atom is 0.341 e. The van der Waals surface area contributed by atoms with E-state index in [9.17, 15) is 25.6 Å². The van der Waals surface area contributed by atoms with Crippen LogP contribution in [0.15, 0.2) is 29.2 Å². The van der Waals surface area contributed by atoms with Gasteiger partial charge in [-0.05, 0) is 24.3 Å². The Balaban J connectivity index is 2.73. The average Bonchev–Trinajstić information content (AvgIpc) is 2.27. The van der Waals surface area contributed by atoms with Crippen LogP contribution in [0.2, 0.25) is 0 Å². The van der Waals surface area contributed by atoms with Crippen LogP contribution < -0.4 is 5.32 Å². The van der Waals surface area contributed by atoms with Gasteiger partial charge in [-0.15, -0.1) is 0 Å². The van der Waals surface area contributed by atoms with Gasteiger partial charge in [-0.2, -0.15) is 8.78 Å². The lowest BCUT2D eigenvalue weighted by molar-refractivity contribution is 0.234. The summed E-state index contributed by atoms with van der Waals surface area (Å²) in [4.78, 5) is -0.476. The van der Waals surface area contributed by atoms with Crippen LogP contribution >= 0.6 is 0 Å². The highest BCUT2D eigenvalue weighted by Gasteiger charge is 2.26. The Morgan fingerprint density at radius 3 is 2.05 bits per heavy atom. The van der Waals surface area contributed by atoms with Gasteiger partial charge in [0.15, 0.2) is 0 Å². The number of nitrogens with one attached hydrogen (secondary N) is 1. The topological polar surface area (TPSA) is 80.3 Å². The van der Waals surface area contributed by atoms with Crippen molar-refractivity contribution in [2.75, 3.05) is 23.9 Å². The standard InChI is InChI=1S/C10H13F2NO4S2/c1-18(14,15)7-6-13-8-2-4-9(5-3-8)19(16,17)10(11)12/h2-5,10,13H,6-7H2,1H3. The molecule has 0 aliphatic rings. The second-order valence-corrected chi connectivity index (χ2v) is 8.06. The molecular weight excluding hydrogens is 300 g/mol. The molecule has 0 unspecified atom stereocenters. The number of sulfone groups is 2. The maximum atomic E-state index is 12.3. The molecule has 0 heterocycles. The van der Waals surface area contributed by atoms with Gasteiger partial charge < -0.3 is 5.32 Å². The van der Waals surface area contributed by atoms with Gasteiger partial charge in [-0.1, -0.05) is 0 Å². The summed E-state index contributed by atoms with van der Waals surface area (Å²) in [5.74, 6) is -3.54. The van der Waals surface area contributed by atoms with Crippen molar-refractivity contribution < 1.29 is 25.6 Å². The van der Waals surface area contributed by atoms with Crippen molar-refractivity contribution in [1.29, 1.82) is 0 Å². The van der Waals surface area contributed by atoms with Gasteiger partial charge >= 0.3 is 5.76 Å². The largest absolute Gasteiger partial charge is 0.384 e. The Morgan fingerprint density at radius 1 is 1.11 bits per heavy atom. The normalized spacial score (nSPS) is 12.6. The number of alkyl halides is 2. The number of hydrogen-bond donors (Lipinski definition) is 1. The number of benzene rings is 1. The van der Waals surface area contributed by atoms with E-state index >= 15 is 0 Å². The summed E-state index contributed by atoms with van der Waals surface area (Å²) in [6.07, 6.45) is 1.09. The molecule has 19 heavy (non-hydrogen) atoms. The number of rotatable bonds is 6. The number of anilines is 1. The van der Waals surface area contributed by atoms with Gasteiger partial charge in [0.25, 0.3) is 0 Å². The monoisotopic (exact) mass is 313 g/mol.